The topological polar surface area (TPSA) is 59.0 Å². The maximum atomic E-state index is 11.0. The molecule has 0 fully saturated rings. The normalized spacial score (nSPS) is 11.5. The van der Waals surface area contributed by atoms with E-state index in [-0.39, 0.29) is 12.1 Å². The Morgan fingerprint density at radius 1 is 1.15 bits per heavy atom. The van der Waals surface area contributed by atoms with E-state index in [0.717, 1.165) is 5.56 Å². The molecule has 1 aromatic rings. The third-order valence-corrected chi connectivity index (χ3v) is 3.06. The first kappa shape index (κ1) is 16.3. The zero-order valence-corrected chi connectivity index (χ0v) is 12.8. The number of rotatable bonds is 6. The van der Waals surface area contributed by atoms with Gasteiger partial charge in [-0.05, 0) is 38.5 Å². The molecule has 0 amide bonds. The van der Waals surface area contributed by atoms with Crippen molar-refractivity contribution >= 4 is 5.97 Å². The molecule has 0 bridgehead atoms. The van der Waals surface area contributed by atoms with Gasteiger partial charge in [-0.15, -0.1) is 0 Å². The molecule has 0 spiro atoms. The Hall–Kier alpha value is -1.75. The van der Waals surface area contributed by atoms with Gasteiger partial charge in [0.05, 0.1) is 20.8 Å². The maximum Gasteiger partial charge on any atom is 0.317 e. The van der Waals surface area contributed by atoms with Crippen LogP contribution in [0.15, 0.2) is 18.2 Å². The number of carboxylic acids is 1. The lowest BCUT2D eigenvalue weighted by Gasteiger charge is -2.34. The molecule has 0 atom stereocenters. The zero-order chi connectivity index (χ0) is 15.3. The molecule has 0 aliphatic heterocycles. The van der Waals surface area contributed by atoms with E-state index in [4.69, 9.17) is 14.6 Å². The smallest absolute Gasteiger partial charge is 0.317 e. The fraction of sp³-hybridized carbons (Fsp3) is 0.533. The first-order valence-electron chi connectivity index (χ1n) is 6.45. The van der Waals surface area contributed by atoms with Gasteiger partial charge in [-0.2, -0.15) is 0 Å². The van der Waals surface area contributed by atoms with Gasteiger partial charge in [0.15, 0.2) is 0 Å². The van der Waals surface area contributed by atoms with Gasteiger partial charge >= 0.3 is 5.97 Å². The summed E-state index contributed by atoms with van der Waals surface area (Å²) in [4.78, 5) is 12.9. The number of aliphatic carboxylic acids is 1. The number of benzene rings is 1. The Bertz CT molecular complexity index is 443. The molecule has 5 nitrogen and oxygen atoms in total. The molecular weight excluding hydrogens is 258 g/mol. The van der Waals surface area contributed by atoms with Crippen LogP contribution in [0.5, 0.6) is 11.5 Å². The van der Waals surface area contributed by atoms with Crippen LogP contribution in [0.4, 0.5) is 0 Å². The summed E-state index contributed by atoms with van der Waals surface area (Å²) >= 11 is 0. The lowest BCUT2D eigenvalue weighted by molar-refractivity contribution is -0.139. The second kappa shape index (κ2) is 6.61. The molecular formula is C15H23NO4. The van der Waals surface area contributed by atoms with Crippen LogP contribution in [0, 0.1) is 0 Å². The maximum absolute atomic E-state index is 11.0. The monoisotopic (exact) mass is 281 g/mol. The lowest BCUT2D eigenvalue weighted by Crippen LogP contribution is -2.43. The molecule has 0 saturated heterocycles. The van der Waals surface area contributed by atoms with Gasteiger partial charge in [0, 0.05) is 18.2 Å². The second-order valence-corrected chi connectivity index (χ2v) is 5.64. The van der Waals surface area contributed by atoms with E-state index in [2.05, 4.69) is 0 Å². The van der Waals surface area contributed by atoms with Crippen LogP contribution in [0.25, 0.3) is 0 Å². The third-order valence-electron chi connectivity index (χ3n) is 3.06. The summed E-state index contributed by atoms with van der Waals surface area (Å²) in [5, 5.41) is 9.04. The molecule has 0 radical (unpaired) electrons. The molecule has 20 heavy (non-hydrogen) atoms. The molecule has 0 aliphatic rings. The fourth-order valence-electron chi connectivity index (χ4n) is 1.87. The van der Waals surface area contributed by atoms with Crippen molar-refractivity contribution in [1.29, 1.82) is 0 Å². The number of carboxylic acid groups (broad SMARTS) is 1. The Balaban J connectivity index is 3.01. The highest BCUT2D eigenvalue weighted by atomic mass is 16.5. The van der Waals surface area contributed by atoms with Gasteiger partial charge in [0.25, 0.3) is 0 Å². The number of carbonyl (C=O) groups is 1. The highest BCUT2D eigenvalue weighted by Crippen LogP contribution is 2.25. The minimum atomic E-state index is -0.838. The predicted molar refractivity (Wildman–Crippen MR) is 77.3 cm³/mol. The van der Waals surface area contributed by atoms with Crippen LogP contribution in [0.3, 0.4) is 0 Å². The van der Waals surface area contributed by atoms with E-state index in [1.54, 1.807) is 20.3 Å². The molecule has 0 aromatic heterocycles. The molecule has 1 N–H and O–H groups in total. The van der Waals surface area contributed by atoms with Gasteiger partial charge in [-0.1, -0.05) is 0 Å². The van der Waals surface area contributed by atoms with E-state index in [9.17, 15) is 4.79 Å². The van der Waals surface area contributed by atoms with Gasteiger partial charge in [-0.3, -0.25) is 9.69 Å². The van der Waals surface area contributed by atoms with Crippen molar-refractivity contribution in [2.45, 2.75) is 32.9 Å². The summed E-state index contributed by atoms with van der Waals surface area (Å²) in [6.45, 7) is 6.49. The van der Waals surface area contributed by atoms with Crippen LogP contribution in [0.1, 0.15) is 26.3 Å². The van der Waals surface area contributed by atoms with Gasteiger partial charge in [0.2, 0.25) is 0 Å². The number of hydrogen-bond donors (Lipinski definition) is 1. The van der Waals surface area contributed by atoms with Crippen molar-refractivity contribution in [3.05, 3.63) is 23.8 Å². The lowest BCUT2D eigenvalue weighted by atomic mass is 10.0. The van der Waals surface area contributed by atoms with Crippen LogP contribution in [0.2, 0.25) is 0 Å². The Morgan fingerprint density at radius 2 is 1.65 bits per heavy atom. The van der Waals surface area contributed by atoms with Crippen LogP contribution < -0.4 is 9.47 Å². The first-order valence-corrected chi connectivity index (χ1v) is 6.45. The van der Waals surface area contributed by atoms with Crippen molar-refractivity contribution in [1.82, 2.24) is 4.90 Å². The summed E-state index contributed by atoms with van der Waals surface area (Å²) in [6, 6.07) is 5.58. The summed E-state index contributed by atoms with van der Waals surface area (Å²) in [7, 11) is 3.19. The summed E-state index contributed by atoms with van der Waals surface area (Å²) in [5.74, 6) is 0.557. The number of nitrogens with zero attached hydrogens (tertiary/aromatic N) is 1. The van der Waals surface area contributed by atoms with Gasteiger partial charge < -0.3 is 14.6 Å². The standard InChI is InChI=1S/C15H23NO4/c1-15(2,3)16(10-14(17)18)9-11-6-12(19-4)8-13(7-11)20-5/h6-8H,9-10H2,1-5H3,(H,17,18). The molecule has 112 valence electrons. The highest BCUT2D eigenvalue weighted by molar-refractivity contribution is 5.69. The van der Waals surface area contributed by atoms with E-state index < -0.39 is 5.97 Å². The molecule has 0 heterocycles. The molecule has 0 saturated carbocycles. The van der Waals surface area contributed by atoms with Crippen LogP contribution in [-0.2, 0) is 11.3 Å². The number of hydrogen-bond acceptors (Lipinski definition) is 4. The first-order chi connectivity index (χ1) is 9.26. The van der Waals surface area contributed by atoms with E-state index in [1.165, 1.54) is 0 Å². The number of methoxy groups -OCH3 is 2. The predicted octanol–water partition coefficient (Wildman–Crippen LogP) is 2.39. The summed E-state index contributed by atoms with van der Waals surface area (Å²) in [5.41, 5.74) is 0.715. The quantitative estimate of drug-likeness (QED) is 0.867. The average molecular weight is 281 g/mol. The Kier molecular flexibility index (Phi) is 5.39. The highest BCUT2D eigenvalue weighted by Gasteiger charge is 2.24. The fourth-order valence-corrected chi connectivity index (χ4v) is 1.87. The third kappa shape index (κ3) is 4.74. The largest absolute Gasteiger partial charge is 0.497 e. The minimum absolute atomic E-state index is 0.0109. The minimum Gasteiger partial charge on any atom is -0.497 e. The molecule has 1 aromatic carbocycles. The van der Waals surface area contributed by atoms with Crippen molar-refractivity contribution < 1.29 is 19.4 Å². The SMILES string of the molecule is COc1cc(CN(CC(=O)O)C(C)(C)C)cc(OC)c1. The molecule has 0 unspecified atom stereocenters. The summed E-state index contributed by atoms with van der Waals surface area (Å²) < 4.78 is 10.5. The second-order valence-electron chi connectivity index (χ2n) is 5.64. The van der Waals surface area contributed by atoms with Crippen molar-refractivity contribution in [2.75, 3.05) is 20.8 Å². The van der Waals surface area contributed by atoms with E-state index in [1.807, 2.05) is 37.8 Å². The van der Waals surface area contributed by atoms with Crippen molar-refractivity contribution in [3.8, 4) is 11.5 Å². The molecule has 0 aliphatic carbocycles. The molecule has 5 heteroatoms. The van der Waals surface area contributed by atoms with Gasteiger partial charge in [0.1, 0.15) is 11.5 Å². The van der Waals surface area contributed by atoms with Crippen molar-refractivity contribution in [2.24, 2.45) is 0 Å². The van der Waals surface area contributed by atoms with Gasteiger partial charge in [-0.25, -0.2) is 0 Å². The van der Waals surface area contributed by atoms with E-state index >= 15 is 0 Å². The summed E-state index contributed by atoms with van der Waals surface area (Å²) in [6.07, 6.45) is 0. The molecule has 1 rings (SSSR count). The van der Waals surface area contributed by atoms with E-state index in [0.29, 0.717) is 18.0 Å². The van der Waals surface area contributed by atoms with Crippen LogP contribution >= 0.6 is 0 Å². The van der Waals surface area contributed by atoms with Crippen molar-refractivity contribution in [3.63, 3.8) is 0 Å². The zero-order valence-electron chi connectivity index (χ0n) is 12.8. The average Bonchev–Trinajstić information content (AvgIpc) is 2.35. The Labute approximate surface area is 120 Å². The Morgan fingerprint density at radius 3 is 2.00 bits per heavy atom. The van der Waals surface area contributed by atoms with Crippen LogP contribution in [-0.4, -0.2) is 42.3 Å². The number of ether oxygens (including phenoxy) is 2.